The summed E-state index contributed by atoms with van der Waals surface area (Å²) in [6.07, 6.45) is 4.91. The van der Waals surface area contributed by atoms with Crippen LogP contribution in [0, 0.1) is 24.4 Å². The van der Waals surface area contributed by atoms with Gasteiger partial charge in [0.2, 0.25) is 0 Å². The highest BCUT2D eigenvalue weighted by molar-refractivity contribution is 6.10. The van der Waals surface area contributed by atoms with Crippen LogP contribution in [0.25, 0.3) is 16.9 Å². The lowest BCUT2D eigenvalue weighted by molar-refractivity contribution is 0.103. The number of aryl methyl sites for hydroxylation is 1. The van der Waals surface area contributed by atoms with Crippen LogP contribution in [0.15, 0.2) is 73.2 Å². The Morgan fingerprint density at radius 2 is 1.86 bits per heavy atom. The minimum absolute atomic E-state index is 0.0337. The van der Waals surface area contributed by atoms with E-state index in [2.05, 4.69) is 15.0 Å². The van der Waals surface area contributed by atoms with Crippen molar-refractivity contribution in [3.63, 3.8) is 0 Å². The molecule has 0 atom stereocenters. The van der Waals surface area contributed by atoms with Gasteiger partial charge < -0.3 is 4.74 Å². The van der Waals surface area contributed by atoms with Crippen molar-refractivity contribution in [2.45, 2.75) is 13.5 Å². The van der Waals surface area contributed by atoms with Crippen LogP contribution < -0.4 is 4.74 Å². The average molecular weight is 474 g/mol. The van der Waals surface area contributed by atoms with Gasteiger partial charge in [-0.3, -0.25) is 14.3 Å². The summed E-state index contributed by atoms with van der Waals surface area (Å²) >= 11 is 0. The number of ether oxygens (including phenoxy) is 1. The molecule has 3 aromatic carbocycles. The number of carbonyl (C=O) groups is 1. The van der Waals surface area contributed by atoms with Crippen LogP contribution in [-0.2, 0) is 6.61 Å². The molecule has 0 aliphatic carbocycles. The van der Waals surface area contributed by atoms with Crippen LogP contribution in [0.3, 0.4) is 0 Å². The van der Waals surface area contributed by atoms with Crippen molar-refractivity contribution in [2.75, 3.05) is 0 Å². The van der Waals surface area contributed by atoms with E-state index in [0.29, 0.717) is 28.2 Å². The number of carbonyl (C=O) groups excluding carboxylic acids is 1. The van der Waals surface area contributed by atoms with Crippen molar-refractivity contribution >= 4 is 16.8 Å². The van der Waals surface area contributed by atoms with E-state index in [1.807, 2.05) is 0 Å². The number of fused-ring (bicyclic) bond motifs is 1. The number of imidazole rings is 1. The largest absolute Gasteiger partial charge is 0.486 e. The molecule has 0 bridgehead atoms. The summed E-state index contributed by atoms with van der Waals surface area (Å²) < 4.78 is 50.3. The summed E-state index contributed by atoms with van der Waals surface area (Å²) in [6, 6.07) is 12.1. The number of nitrogens with zero attached hydrogens (tertiary/aromatic N) is 4. The van der Waals surface area contributed by atoms with Gasteiger partial charge in [-0.2, -0.15) is 0 Å². The Kier molecular flexibility index (Phi) is 5.74. The van der Waals surface area contributed by atoms with Crippen molar-refractivity contribution in [3.8, 4) is 11.6 Å². The van der Waals surface area contributed by atoms with Gasteiger partial charge in [-0.15, -0.1) is 0 Å². The molecule has 2 aromatic heterocycles. The molecular weight excluding hydrogens is 457 g/mol. The fraction of sp³-hybridized carbons (Fsp3) is 0.0769. The smallest absolute Gasteiger partial charge is 0.199 e. The summed E-state index contributed by atoms with van der Waals surface area (Å²) in [5.74, 6) is -2.64. The Bertz CT molecular complexity index is 1580. The molecule has 9 heteroatoms. The minimum Gasteiger partial charge on any atom is -0.486 e. The zero-order chi connectivity index (χ0) is 24.5. The van der Waals surface area contributed by atoms with Gasteiger partial charge in [0, 0.05) is 18.0 Å². The van der Waals surface area contributed by atoms with E-state index in [9.17, 15) is 13.6 Å². The van der Waals surface area contributed by atoms with E-state index in [-0.39, 0.29) is 17.9 Å². The molecule has 2 heterocycles. The van der Waals surface area contributed by atoms with Gasteiger partial charge >= 0.3 is 0 Å². The Labute approximate surface area is 197 Å². The third-order valence-corrected chi connectivity index (χ3v) is 5.43. The van der Waals surface area contributed by atoms with Crippen molar-refractivity contribution in [1.29, 1.82) is 0 Å². The van der Waals surface area contributed by atoms with Crippen LogP contribution in [0.1, 0.15) is 27.3 Å². The zero-order valence-corrected chi connectivity index (χ0v) is 18.4. The maximum atomic E-state index is 15.2. The second kappa shape index (κ2) is 9.02. The van der Waals surface area contributed by atoms with Gasteiger partial charge in [0.1, 0.15) is 24.1 Å². The number of ketones is 1. The Balaban J connectivity index is 1.47. The lowest BCUT2D eigenvalue weighted by Crippen LogP contribution is -2.10. The Morgan fingerprint density at radius 1 is 1.00 bits per heavy atom. The number of halogens is 3. The predicted octanol–water partition coefficient (Wildman–Crippen LogP) is 5.35. The monoisotopic (exact) mass is 474 g/mol. The van der Waals surface area contributed by atoms with Crippen LogP contribution in [-0.4, -0.2) is 25.3 Å². The van der Waals surface area contributed by atoms with Crippen molar-refractivity contribution in [1.82, 2.24) is 19.5 Å². The molecule has 174 valence electrons. The molecule has 0 aliphatic heterocycles. The lowest BCUT2D eigenvalue weighted by atomic mass is 10.0. The number of rotatable bonds is 6. The zero-order valence-electron chi connectivity index (χ0n) is 18.4. The Morgan fingerprint density at radius 3 is 2.63 bits per heavy atom. The second-order valence-electron chi connectivity index (χ2n) is 7.76. The highest BCUT2D eigenvalue weighted by atomic mass is 19.1. The lowest BCUT2D eigenvalue weighted by Gasteiger charge is -2.11. The second-order valence-corrected chi connectivity index (χ2v) is 7.76. The maximum Gasteiger partial charge on any atom is 0.199 e. The molecule has 0 aliphatic rings. The highest BCUT2D eigenvalue weighted by Gasteiger charge is 2.23. The van der Waals surface area contributed by atoms with Crippen LogP contribution >= 0.6 is 0 Å². The fourth-order valence-electron chi connectivity index (χ4n) is 3.66. The number of benzene rings is 3. The molecule has 0 fully saturated rings. The molecule has 0 radical (unpaired) electrons. The van der Waals surface area contributed by atoms with Crippen LogP contribution in [0.2, 0.25) is 0 Å². The third kappa shape index (κ3) is 4.35. The van der Waals surface area contributed by atoms with Gasteiger partial charge in [-0.25, -0.2) is 23.1 Å². The molecule has 0 saturated carbocycles. The quantitative estimate of drug-likeness (QED) is 0.310. The molecular formula is C26H17F3N4O2. The minimum atomic E-state index is -1.14. The fourth-order valence-corrected chi connectivity index (χ4v) is 3.66. The van der Waals surface area contributed by atoms with E-state index in [1.54, 1.807) is 42.2 Å². The molecule has 0 saturated heterocycles. The number of hydrogen-bond acceptors (Lipinski definition) is 5. The van der Waals surface area contributed by atoms with Crippen molar-refractivity contribution < 1.29 is 22.7 Å². The summed E-state index contributed by atoms with van der Waals surface area (Å²) in [5.41, 5.74) is 0.623. The van der Waals surface area contributed by atoms with Crippen molar-refractivity contribution in [3.05, 3.63) is 113 Å². The highest BCUT2D eigenvalue weighted by Crippen LogP contribution is 2.27. The molecule has 0 N–H and O–H groups in total. The molecule has 5 aromatic rings. The summed E-state index contributed by atoms with van der Waals surface area (Å²) in [7, 11) is 0. The first kappa shape index (κ1) is 22.3. The van der Waals surface area contributed by atoms with E-state index < -0.39 is 28.8 Å². The van der Waals surface area contributed by atoms with E-state index >= 15 is 4.39 Å². The number of hydrogen-bond donors (Lipinski definition) is 0. The summed E-state index contributed by atoms with van der Waals surface area (Å²) in [4.78, 5) is 26.1. The normalized spacial score (nSPS) is 11.1. The van der Waals surface area contributed by atoms with Crippen LogP contribution in [0.5, 0.6) is 5.75 Å². The molecule has 5 rings (SSSR count). The van der Waals surface area contributed by atoms with Gasteiger partial charge in [-0.1, -0.05) is 12.1 Å². The number of aromatic nitrogens is 4. The Hall–Kier alpha value is -4.53. The molecule has 0 spiro atoms. The van der Waals surface area contributed by atoms with Crippen LogP contribution in [0.4, 0.5) is 13.2 Å². The average Bonchev–Trinajstić information content (AvgIpc) is 3.28. The summed E-state index contributed by atoms with van der Waals surface area (Å²) in [5, 5.41) is 0. The first-order chi connectivity index (χ1) is 16.9. The third-order valence-electron chi connectivity index (χ3n) is 5.43. The maximum absolute atomic E-state index is 15.2. The van der Waals surface area contributed by atoms with Gasteiger partial charge in [-0.05, 0) is 55.0 Å². The first-order valence-electron chi connectivity index (χ1n) is 10.6. The molecule has 0 amide bonds. The summed E-state index contributed by atoms with van der Waals surface area (Å²) in [6.45, 7) is 1.65. The first-order valence-corrected chi connectivity index (χ1v) is 10.6. The molecule has 6 nitrogen and oxygen atoms in total. The van der Waals surface area contributed by atoms with Crippen molar-refractivity contribution in [2.24, 2.45) is 0 Å². The van der Waals surface area contributed by atoms with E-state index in [0.717, 1.165) is 12.1 Å². The standard InChI is InChI=1S/C26H17F3N4O2/c1-15-30-9-10-33(15)23-13-31-20-7-5-17(12-21(20)32-23)26(34)24-19(28)6-8-22(25(24)29)35-14-16-3-2-4-18(27)11-16/h2-13H,14H2,1H3. The van der Waals surface area contributed by atoms with E-state index in [1.165, 1.54) is 30.3 Å². The molecule has 35 heavy (non-hydrogen) atoms. The predicted molar refractivity (Wildman–Crippen MR) is 122 cm³/mol. The SMILES string of the molecule is Cc1nccn1-c1cnc2ccc(C(=O)c3c(F)ccc(OCc4cccc(F)c4)c3F)cc2n1. The van der Waals surface area contributed by atoms with Gasteiger partial charge in [0.05, 0.1) is 22.8 Å². The topological polar surface area (TPSA) is 69.9 Å². The molecule has 0 unspecified atom stereocenters. The van der Waals surface area contributed by atoms with Gasteiger partial charge in [0.15, 0.2) is 23.2 Å². The van der Waals surface area contributed by atoms with E-state index in [4.69, 9.17) is 4.74 Å². The van der Waals surface area contributed by atoms with Gasteiger partial charge in [0.25, 0.3) is 0 Å².